The number of rotatable bonds is 8. The summed E-state index contributed by atoms with van der Waals surface area (Å²) in [5.41, 5.74) is 6.02. The Labute approximate surface area is 126 Å². The van der Waals surface area contributed by atoms with E-state index in [4.69, 9.17) is 5.73 Å². The van der Waals surface area contributed by atoms with Crippen LogP contribution in [0.4, 0.5) is 0 Å². The number of benzene rings is 1. The fourth-order valence-corrected chi connectivity index (χ4v) is 3.14. The van der Waals surface area contributed by atoms with Gasteiger partial charge in [0.2, 0.25) is 0 Å². The van der Waals surface area contributed by atoms with Gasteiger partial charge in [0.05, 0.1) is 4.90 Å². The standard InChI is InChI=1S/C12H21N3O4S2/c1-15(9-3-8-13)21(18,19)14-10-11-4-6-12(7-5-11)20(2,16)17/h4-7,14H,3,8-10,13H2,1-2H3. The molecular formula is C12H21N3O4S2. The monoisotopic (exact) mass is 335 g/mol. The van der Waals surface area contributed by atoms with Gasteiger partial charge in [-0.1, -0.05) is 12.1 Å². The van der Waals surface area contributed by atoms with Crippen LogP contribution in [0.5, 0.6) is 0 Å². The van der Waals surface area contributed by atoms with Crippen molar-refractivity contribution >= 4 is 20.0 Å². The van der Waals surface area contributed by atoms with E-state index in [1.54, 1.807) is 12.1 Å². The van der Waals surface area contributed by atoms with Gasteiger partial charge in [-0.15, -0.1) is 0 Å². The molecule has 0 aromatic heterocycles. The highest BCUT2D eigenvalue weighted by molar-refractivity contribution is 7.90. The molecule has 7 nitrogen and oxygen atoms in total. The minimum Gasteiger partial charge on any atom is -0.330 e. The summed E-state index contributed by atoms with van der Waals surface area (Å²) >= 11 is 0. The lowest BCUT2D eigenvalue weighted by Crippen LogP contribution is -2.38. The van der Waals surface area contributed by atoms with Crippen molar-refractivity contribution in [3.63, 3.8) is 0 Å². The summed E-state index contributed by atoms with van der Waals surface area (Å²) < 4.78 is 50.1. The van der Waals surface area contributed by atoms with Crippen molar-refractivity contribution in [3.05, 3.63) is 29.8 Å². The minimum absolute atomic E-state index is 0.0966. The van der Waals surface area contributed by atoms with Crippen LogP contribution in [0.1, 0.15) is 12.0 Å². The van der Waals surface area contributed by atoms with E-state index in [0.717, 1.165) is 6.26 Å². The molecule has 0 heterocycles. The van der Waals surface area contributed by atoms with Crippen LogP contribution in [0.2, 0.25) is 0 Å². The van der Waals surface area contributed by atoms with Crippen molar-refractivity contribution in [2.75, 3.05) is 26.4 Å². The summed E-state index contributed by atoms with van der Waals surface area (Å²) in [4.78, 5) is 0.203. The van der Waals surface area contributed by atoms with Crippen LogP contribution in [0.3, 0.4) is 0 Å². The molecule has 1 aromatic rings. The SMILES string of the molecule is CN(CCCN)S(=O)(=O)NCc1ccc(S(C)(=O)=O)cc1. The molecule has 0 amide bonds. The Morgan fingerprint density at radius 2 is 1.71 bits per heavy atom. The Hall–Kier alpha value is -1.00. The zero-order chi connectivity index (χ0) is 16.1. The Morgan fingerprint density at radius 1 is 1.14 bits per heavy atom. The molecule has 0 spiro atoms. The molecule has 0 fully saturated rings. The molecule has 0 aliphatic carbocycles. The zero-order valence-corrected chi connectivity index (χ0v) is 13.7. The average molecular weight is 335 g/mol. The molecule has 0 aliphatic rings. The van der Waals surface area contributed by atoms with Crippen molar-refractivity contribution in [1.29, 1.82) is 0 Å². The largest absolute Gasteiger partial charge is 0.330 e. The molecule has 3 N–H and O–H groups in total. The lowest BCUT2D eigenvalue weighted by molar-refractivity contribution is 0.452. The van der Waals surface area contributed by atoms with Gasteiger partial charge in [-0.05, 0) is 30.7 Å². The summed E-state index contributed by atoms with van der Waals surface area (Å²) in [7, 11) is -5.33. The Kier molecular flexibility index (Phi) is 6.29. The van der Waals surface area contributed by atoms with Crippen LogP contribution in [0.25, 0.3) is 0 Å². The van der Waals surface area contributed by atoms with E-state index in [1.807, 2.05) is 0 Å². The second-order valence-electron chi connectivity index (χ2n) is 4.71. The predicted molar refractivity (Wildman–Crippen MR) is 81.6 cm³/mol. The highest BCUT2D eigenvalue weighted by Crippen LogP contribution is 2.10. The molecular weight excluding hydrogens is 314 g/mol. The molecule has 0 radical (unpaired) electrons. The molecule has 9 heteroatoms. The quantitative estimate of drug-likeness (QED) is 0.678. The number of sulfone groups is 1. The van der Waals surface area contributed by atoms with Crippen molar-refractivity contribution in [2.24, 2.45) is 5.73 Å². The van der Waals surface area contributed by atoms with Gasteiger partial charge in [-0.3, -0.25) is 0 Å². The number of nitrogens with zero attached hydrogens (tertiary/aromatic N) is 1. The topological polar surface area (TPSA) is 110 Å². The molecule has 120 valence electrons. The fourth-order valence-electron chi connectivity index (χ4n) is 1.57. The second kappa shape index (κ2) is 7.32. The maximum Gasteiger partial charge on any atom is 0.279 e. The van der Waals surface area contributed by atoms with Crippen LogP contribution in [-0.4, -0.2) is 47.5 Å². The highest BCUT2D eigenvalue weighted by Gasteiger charge is 2.16. The summed E-state index contributed by atoms with van der Waals surface area (Å²) in [5, 5.41) is 0. The molecule has 0 atom stereocenters. The van der Waals surface area contributed by atoms with Crippen molar-refractivity contribution < 1.29 is 16.8 Å². The molecule has 0 unspecified atom stereocenters. The van der Waals surface area contributed by atoms with E-state index < -0.39 is 20.0 Å². The number of hydrogen-bond donors (Lipinski definition) is 2. The molecule has 0 bridgehead atoms. The van der Waals surface area contributed by atoms with Gasteiger partial charge in [0.15, 0.2) is 9.84 Å². The van der Waals surface area contributed by atoms with Crippen molar-refractivity contribution in [1.82, 2.24) is 9.03 Å². The van der Waals surface area contributed by atoms with Crippen LogP contribution in [0.15, 0.2) is 29.2 Å². The van der Waals surface area contributed by atoms with Gasteiger partial charge in [0, 0.05) is 26.4 Å². The smallest absolute Gasteiger partial charge is 0.279 e. The lowest BCUT2D eigenvalue weighted by atomic mass is 10.2. The molecule has 21 heavy (non-hydrogen) atoms. The third-order valence-electron chi connectivity index (χ3n) is 2.90. The molecule has 1 aromatic carbocycles. The summed E-state index contributed by atoms with van der Waals surface area (Å²) in [6.07, 6.45) is 1.71. The van der Waals surface area contributed by atoms with E-state index in [9.17, 15) is 16.8 Å². The second-order valence-corrected chi connectivity index (χ2v) is 8.58. The molecule has 0 saturated carbocycles. The minimum atomic E-state index is -3.56. The number of nitrogens with two attached hydrogens (primary N) is 1. The number of nitrogens with one attached hydrogen (secondary N) is 1. The lowest BCUT2D eigenvalue weighted by Gasteiger charge is -2.17. The Bertz CT molecular complexity index is 654. The van der Waals surface area contributed by atoms with E-state index >= 15 is 0 Å². The summed E-state index contributed by atoms with van der Waals surface area (Å²) in [6, 6.07) is 6.08. The van der Waals surface area contributed by atoms with Gasteiger partial charge in [0.1, 0.15) is 0 Å². The van der Waals surface area contributed by atoms with Crippen molar-refractivity contribution in [2.45, 2.75) is 17.9 Å². The Balaban J connectivity index is 2.67. The van der Waals surface area contributed by atoms with E-state index in [2.05, 4.69) is 4.72 Å². The molecule has 1 rings (SSSR count). The third kappa shape index (κ3) is 5.71. The van der Waals surface area contributed by atoms with Crippen molar-refractivity contribution in [3.8, 4) is 0 Å². The highest BCUT2D eigenvalue weighted by atomic mass is 32.2. The van der Waals surface area contributed by atoms with E-state index in [1.165, 1.54) is 23.5 Å². The van der Waals surface area contributed by atoms with Crippen LogP contribution < -0.4 is 10.5 Å². The first-order chi connectivity index (χ1) is 9.66. The number of hydrogen-bond acceptors (Lipinski definition) is 5. The average Bonchev–Trinajstić information content (AvgIpc) is 2.42. The first-order valence-electron chi connectivity index (χ1n) is 6.37. The fraction of sp³-hybridized carbons (Fsp3) is 0.500. The van der Waals surface area contributed by atoms with E-state index in [0.29, 0.717) is 25.1 Å². The van der Waals surface area contributed by atoms with E-state index in [-0.39, 0.29) is 11.4 Å². The molecule has 0 saturated heterocycles. The van der Waals surface area contributed by atoms with Gasteiger partial charge >= 0.3 is 0 Å². The first kappa shape index (κ1) is 18.1. The van der Waals surface area contributed by atoms with Crippen LogP contribution in [0, 0.1) is 0 Å². The Morgan fingerprint density at radius 3 is 2.19 bits per heavy atom. The van der Waals surface area contributed by atoms with Gasteiger partial charge in [-0.25, -0.2) is 8.42 Å². The maximum atomic E-state index is 11.9. The summed E-state index contributed by atoms with van der Waals surface area (Å²) in [6.45, 7) is 0.866. The van der Waals surface area contributed by atoms with Crippen LogP contribution >= 0.6 is 0 Å². The van der Waals surface area contributed by atoms with Crippen LogP contribution in [-0.2, 0) is 26.6 Å². The normalized spacial score (nSPS) is 12.8. The molecule has 0 aliphatic heterocycles. The first-order valence-corrected chi connectivity index (χ1v) is 9.70. The van der Waals surface area contributed by atoms with Gasteiger partial charge in [0.25, 0.3) is 10.2 Å². The van der Waals surface area contributed by atoms with Gasteiger partial charge < -0.3 is 5.73 Å². The van der Waals surface area contributed by atoms with Gasteiger partial charge in [-0.2, -0.15) is 17.4 Å². The summed E-state index contributed by atoms with van der Waals surface area (Å²) in [5.74, 6) is 0. The predicted octanol–water partition coefficient (Wildman–Crippen LogP) is -0.295. The zero-order valence-electron chi connectivity index (χ0n) is 12.1. The maximum absolute atomic E-state index is 11.9. The third-order valence-corrected chi connectivity index (χ3v) is 5.54.